The van der Waals surface area contributed by atoms with E-state index in [1.165, 1.54) is 38.3 Å². The number of hydrogen-bond acceptors (Lipinski definition) is 1. The summed E-state index contributed by atoms with van der Waals surface area (Å²) in [5, 5.41) is 0. The summed E-state index contributed by atoms with van der Waals surface area (Å²) < 4.78 is 0. The Morgan fingerprint density at radius 2 is 0.963 bits per heavy atom. The van der Waals surface area contributed by atoms with Crippen LogP contribution < -0.4 is 0 Å². The lowest BCUT2D eigenvalue weighted by Gasteiger charge is -2.61. The second-order valence-electron chi connectivity index (χ2n) is 11.5. The van der Waals surface area contributed by atoms with Gasteiger partial charge >= 0.3 is 0 Å². The molecule has 4 saturated carbocycles. The molecule has 6 aliphatic rings. The Balaban J connectivity index is 1.41. The summed E-state index contributed by atoms with van der Waals surface area (Å²) >= 11 is 0. The molecule has 0 aromatic heterocycles. The van der Waals surface area contributed by atoms with Crippen LogP contribution in [0.25, 0.3) is 0 Å². The molecule has 0 unspecified atom stereocenters. The van der Waals surface area contributed by atoms with Crippen molar-refractivity contribution in [3.8, 4) is 0 Å². The second-order valence-corrected chi connectivity index (χ2v) is 17.7. The van der Waals surface area contributed by atoms with Crippen LogP contribution in [0.15, 0.2) is 0 Å². The van der Waals surface area contributed by atoms with E-state index in [1.807, 2.05) is 0 Å². The van der Waals surface area contributed by atoms with E-state index >= 15 is 0 Å². The largest absolute Gasteiger partial charge is 0.289 e. The zero-order valence-corrected chi connectivity index (χ0v) is 20.2. The van der Waals surface area contributed by atoms with Gasteiger partial charge in [0.15, 0.2) is 0 Å². The maximum Gasteiger partial charge on any atom is 0.0224 e. The van der Waals surface area contributed by atoms with Crippen LogP contribution in [0.4, 0.5) is 0 Å². The van der Waals surface area contributed by atoms with Gasteiger partial charge in [0.2, 0.25) is 0 Å². The molecule has 0 aromatic rings. The van der Waals surface area contributed by atoms with Gasteiger partial charge in [-0.1, -0.05) is 43.5 Å². The molecule has 6 rings (SSSR count). The first kappa shape index (κ1) is 19.8. The minimum Gasteiger partial charge on any atom is -0.289 e. The summed E-state index contributed by atoms with van der Waals surface area (Å²) in [5.74, 6) is 3.28. The highest BCUT2D eigenvalue weighted by Crippen LogP contribution is 2.64. The molecule has 2 heterocycles. The number of rotatable bonds is 5. The fourth-order valence-corrected chi connectivity index (χ4v) is 14.8. The SMILES string of the molecule is C[C@@H]1CC[C@@H](C)P1CN(CP1[C@@H](C)CC[C@@H]1C)C12CC3CC(CC(C3)C1)C2. The Morgan fingerprint density at radius 3 is 1.30 bits per heavy atom. The Morgan fingerprint density at radius 1 is 0.630 bits per heavy atom. The van der Waals surface area contributed by atoms with Gasteiger partial charge in [-0.2, -0.15) is 0 Å². The first-order chi connectivity index (χ1) is 12.9. The molecule has 1 nitrogen and oxygen atoms in total. The van der Waals surface area contributed by atoms with Crippen molar-refractivity contribution in [2.75, 3.05) is 12.6 Å². The molecular weight excluding hydrogens is 364 g/mol. The van der Waals surface area contributed by atoms with Crippen LogP contribution in [-0.4, -0.2) is 45.6 Å². The molecule has 0 radical (unpaired) electrons. The summed E-state index contributed by atoms with van der Waals surface area (Å²) in [4.78, 5) is 3.24. The molecule has 2 aliphatic heterocycles. The van der Waals surface area contributed by atoms with Crippen molar-refractivity contribution in [1.29, 1.82) is 0 Å². The molecule has 2 saturated heterocycles. The Bertz CT molecular complexity index is 467. The van der Waals surface area contributed by atoms with Crippen LogP contribution in [0.2, 0.25) is 0 Å². The minimum absolute atomic E-state index is 0.229. The van der Waals surface area contributed by atoms with Gasteiger partial charge < -0.3 is 0 Å². The van der Waals surface area contributed by atoms with E-state index in [4.69, 9.17) is 0 Å². The summed E-state index contributed by atoms with van der Waals surface area (Å²) in [5.41, 5.74) is 4.74. The van der Waals surface area contributed by atoms with Crippen molar-refractivity contribution in [3.63, 3.8) is 0 Å². The Kier molecular flexibility index (Phi) is 5.49. The molecule has 0 aromatic carbocycles. The molecular formula is C24H43NP2. The van der Waals surface area contributed by atoms with Gasteiger partial charge in [0.05, 0.1) is 0 Å². The van der Waals surface area contributed by atoms with E-state index in [-0.39, 0.29) is 15.8 Å². The fourth-order valence-electron chi connectivity index (χ4n) is 8.25. The molecule has 6 fully saturated rings. The van der Waals surface area contributed by atoms with Gasteiger partial charge in [-0.05, 0) is 105 Å². The van der Waals surface area contributed by atoms with Crippen molar-refractivity contribution in [1.82, 2.24) is 4.90 Å². The van der Waals surface area contributed by atoms with Gasteiger partial charge in [0, 0.05) is 18.1 Å². The van der Waals surface area contributed by atoms with Crippen molar-refractivity contribution in [3.05, 3.63) is 0 Å². The molecule has 4 aliphatic carbocycles. The number of nitrogens with zero attached hydrogens (tertiary/aromatic N) is 1. The first-order valence-electron chi connectivity index (χ1n) is 12.2. The van der Waals surface area contributed by atoms with E-state index < -0.39 is 0 Å². The first-order valence-corrected chi connectivity index (χ1v) is 15.5. The summed E-state index contributed by atoms with van der Waals surface area (Å²) in [6, 6.07) is 0. The van der Waals surface area contributed by atoms with E-state index in [0.717, 1.165) is 40.4 Å². The van der Waals surface area contributed by atoms with E-state index in [9.17, 15) is 0 Å². The zero-order chi connectivity index (χ0) is 18.8. The van der Waals surface area contributed by atoms with Crippen LogP contribution in [0, 0.1) is 17.8 Å². The molecule has 27 heavy (non-hydrogen) atoms. The van der Waals surface area contributed by atoms with Gasteiger partial charge in [0.1, 0.15) is 0 Å². The van der Waals surface area contributed by atoms with Crippen LogP contribution in [0.5, 0.6) is 0 Å². The minimum atomic E-state index is 0.229. The standard InChI is InChI=1S/C24H43NP2/c1-17-5-6-18(2)26(17)15-25(16-27-19(3)7-8-20(27)4)24-12-21-9-22(13-24)11-23(10-21)14-24/h17-23H,5-16H2,1-4H3/t17-,18-,19+,20+,21?,22?,23?,24?. The Labute approximate surface area is 171 Å². The lowest BCUT2D eigenvalue weighted by atomic mass is 9.52. The van der Waals surface area contributed by atoms with Gasteiger partial charge in [-0.25, -0.2) is 0 Å². The average Bonchev–Trinajstić information content (AvgIpc) is 3.09. The smallest absolute Gasteiger partial charge is 0.0224 e. The molecule has 3 heteroatoms. The average molecular weight is 408 g/mol. The predicted molar refractivity (Wildman–Crippen MR) is 123 cm³/mol. The highest BCUT2D eigenvalue weighted by Gasteiger charge is 2.54. The maximum absolute atomic E-state index is 3.24. The van der Waals surface area contributed by atoms with Crippen molar-refractivity contribution in [2.45, 2.75) is 120 Å². The highest BCUT2D eigenvalue weighted by atomic mass is 31.1. The molecule has 0 N–H and O–H groups in total. The van der Waals surface area contributed by atoms with Gasteiger partial charge in [-0.3, -0.25) is 4.90 Å². The van der Waals surface area contributed by atoms with Crippen molar-refractivity contribution >= 4 is 15.8 Å². The predicted octanol–water partition coefficient (Wildman–Crippen LogP) is 7.28. The third-order valence-electron chi connectivity index (χ3n) is 9.61. The van der Waals surface area contributed by atoms with Crippen molar-refractivity contribution in [2.24, 2.45) is 17.8 Å². The van der Waals surface area contributed by atoms with E-state index in [1.54, 1.807) is 38.5 Å². The topological polar surface area (TPSA) is 3.24 Å². The molecule has 4 bridgehead atoms. The normalized spacial score (nSPS) is 50.3. The zero-order valence-electron chi connectivity index (χ0n) is 18.4. The fraction of sp³-hybridized carbons (Fsp3) is 1.00. The molecule has 4 atom stereocenters. The summed E-state index contributed by atoms with van der Waals surface area (Å²) in [6.07, 6.45) is 18.6. The van der Waals surface area contributed by atoms with E-state index in [0.29, 0.717) is 5.54 Å². The lowest BCUT2D eigenvalue weighted by Crippen LogP contribution is -2.60. The van der Waals surface area contributed by atoms with Crippen LogP contribution >= 0.6 is 15.8 Å². The maximum atomic E-state index is 3.24. The van der Waals surface area contributed by atoms with Gasteiger partial charge in [0.25, 0.3) is 0 Å². The summed E-state index contributed by atoms with van der Waals surface area (Å²) in [6.45, 7) is 10.4. The van der Waals surface area contributed by atoms with Crippen molar-refractivity contribution < 1.29 is 0 Å². The highest BCUT2D eigenvalue weighted by molar-refractivity contribution is 7.60. The monoisotopic (exact) mass is 407 g/mol. The molecule has 0 spiro atoms. The Hall–Kier alpha value is 0.820. The quantitative estimate of drug-likeness (QED) is 0.433. The third kappa shape index (κ3) is 3.59. The second kappa shape index (κ2) is 7.50. The van der Waals surface area contributed by atoms with Crippen LogP contribution in [0.1, 0.15) is 91.9 Å². The van der Waals surface area contributed by atoms with E-state index in [2.05, 4.69) is 32.6 Å². The van der Waals surface area contributed by atoms with Gasteiger partial charge in [-0.15, -0.1) is 0 Å². The number of hydrogen-bond donors (Lipinski definition) is 0. The molecule has 0 amide bonds. The lowest BCUT2D eigenvalue weighted by molar-refractivity contribution is -0.0755. The van der Waals surface area contributed by atoms with Crippen LogP contribution in [-0.2, 0) is 0 Å². The van der Waals surface area contributed by atoms with Crippen LogP contribution in [0.3, 0.4) is 0 Å². The third-order valence-corrected chi connectivity index (χ3v) is 16.5. The summed E-state index contributed by atoms with van der Waals surface area (Å²) in [7, 11) is 0.457. The molecule has 154 valence electrons.